The smallest absolute Gasteiger partial charge is 0.493 e. The van der Waals surface area contributed by atoms with Crippen LogP contribution in [0, 0.1) is 0 Å². The Labute approximate surface area is 282 Å². The van der Waals surface area contributed by atoms with Gasteiger partial charge in [-0.15, -0.1) is 24.5 Å². The number of alkyl halides is 3. The number of aromatic nitrogens is 3. The molecular weight excluding hydrogens is 655 g/mol. The van der Waals surface area contributed by atoms with Gasteiger partial charge < -0.3 is 29.4 Å². The van der Waals surface area contributed by atoms with Crippen LogP contribution in [0.4, 0.5) is 30.2 Å². The fraction of sp³-hybridized carbons (Fsp3) is 0.139. The van der Waals surface area contributed by atoms with E-state index >= 15 is 0 Å². The van der Waals surface area contributed by atoms with E-state index in [0.29, 0.717) is 59.3 Å². The number of thiazole rings is 1. The van der Waals surface area contributed by atoms with Crippen LogP contribution in [0.5, 0.6) is 17.2 Å². The monoisotopic (exact) mass is 683 g/mol. The van der Waals surface area contributed by atoms with Gasteiger partial charge in [-0.05, 0) is 83.8 Å². The van der Waals surface area contributed by atoms with E-state index in [2.05, 4.69) is 25.3 Å². The van der Waals surface area contributed by atoms with Gasteiger partial charge in [-0.1, -0.05) is 18.2 Å². The SMILES string of the molecule is COc1cc(-c2ccc3c(c2)Nc2ccc(CCn4cnc(-c5ccc(OC(F)(F)F)cc5)c4)cc2NC3=O)ccc1OCc1cscn1. The molecule has 1 aliphatic rings. The lowest BCUT2D eigenvalue weighted by molar-refractivity contribution is -0.274. The fourth-order valence-electron chi connectivity index (χ4n) is 5.46. The number of imidazole rings is 1. The molecule has 1 amide bonds. The zero-order valence-electron chi connectivity index (χ0n) is 26.0. The molecule has 4 aromatic carbocycles. The largest absolute Gasteiger partial charge is 0.573 e. The van der Waals surface area contributed by atoms with E-state index in [1.807, 2.05) is 64.7 Å². The highest BCUT2D eigenvalue weighted by molar-refractivity contribution is 7.07. The van der Waals surface area contributed by atoms with Crippen LogP contribution < -0.4 is 24.8 Å². The van der Waals surface area contributed by atoms with E-state index < -0.39 is 6.36 Å². The maximum atomic E-state index is 13.3. The maximum absolute atomic E-state index is 13.3. The number of methoxy groups -OCH3 is 1. The minimum atomic E-state index is -4.74. The van der Waals surface area contributed by atoms with Crippen molar-refractivity contribution in [3.63, 3.8) is 0 Å². The number of anilines is 3. The van der Waals surface area contributed by atoms with Gasteiger partial charge in [0.25, 0.3) is 5.91 Å². The van der Waals surface area contributed by atoms with Crippen LogP contribution in [-0.4, -0.2) is 33.9 Å². The summed E-state index contributed by atoms with van der Waals surface area (Å²) in [7, 11) is 1.60. The number of fused-ring (bicyclic) bond motifs is 2. The minimum absolute atomic E-state index is 0.223. The Hall–Kier alpha value is -5.82. The van der Waals surface area contributed by atoms with Crippen LogP contribution >= 0.6 is 11.3 Å². The van der Waals surface area contributed by atoms with E-state index in [0.717, 1.165) is 28.1 Å². The van der Waals surface area contributed by atoms with Crippen molar-refractivity contribution in [2.24, 2.45) is 0 Å². The first-order valence-electron chi connectivity index (χ1n) is 15.1. The Balaban J connectivity index is 1.03. The normalized spacial score (nSPS) is 12.3. The highest BCUT2D eigenvalue weighted by Gasteiger charge is 2.31. The van der Waals surface area contributed by atoms with Crippen molar-refractivity contribution in [3.05, 3.63) is 119 Å². The fourth-order valence-corrected chi connectivity index (χ4v) is 6.01. The first-order chi connectivity index (χ1) is 23.7. The summed E-state index contributed by atoms with van der Waals surface area (Å²) in [6, 6.07) is 22.8. The second-order valence-electron chi connectivity index (χ2n) is 11.2. The molecule has 0 saturated heterocycles. The Morgan fingerprint density at radius 1 is 0.837 bits per heavy atom. The summed E-state index contributed by atoms with van der Waals surface area (Å²) in [5.74, 6) is 0.688. The predicted molar refractivity (Wildman–Crippen MR) is 181 cm³/mol. The molecule has 0 atom stereocenters. The average Bonchev–Trinajstić information content (AvgIpc) is 3.77. The summed E-state index contributed by atoms with van der Waals surface area (Å²) >= 11 is 1.51. The van der Waals surface area contributed by atoms with Crippen LogP contribution in [0.3, 0.4) is 0 Å². The summed E-state index contributed by atoms with van der Waals surface area (Å²) in [5.41, 5.74) is 9.32. The Kier molecular flexibility index (Phi) is 8.66. The molecule has 0 spiro atoms. The van der Waals surface area contributed by atoms with Gasteiger partial charge in [-0.25, -0.2) is 9.97 Å². The maximum Gasteiger partial charge on any atom is 0.573 e. The lowest BCUT2D eigenvalue weighted by Gasteiger charge is -2.14. The molecule has 7 rings (SSSR count). The van der Waals surface area contributed by atoms with Gasteiger partial charge in [0, 0.05) is 23.7 Å². The van der Waals surface area contributed by atoms with E-state index in [9.17, 15) is 18.0 Å². The third-order valence-corrected chi connectivity index (χ3v) is 8.53. The van der Waals surface area contributed by atoms with Crippen molar-refractivity contribution in [2.75, 3.05) is 17.7 Å². The van der Waals surface area contributed by atoms with Crippen molar-refractivity contribution in [1.82, 2.24) is 14.5 Å². The molecule has 0 unspecified atom stereocenters. The van der Waals surface area contributed by atoms with Gasteiger partial charge in [-0.3, -0.25) is 4.79 Å². The molecule has 0 radical (unpaired) electrons. The molecule has 13 heteroatoms. The molecule has 3 heterocycles. The Morgan fingerprint density at radius 2 is 1.63 bits per heavy atom. The average molecular weight is 684 g/mol. The second kappa shape index (κ2) is 13.4. The number of rotatable bonds is 10. The van der Waals surface area contributed by atoms with Crippen molar-refractivity contribution < 1.29 is 32.2 Å². The first kappa shape index (κ1) is 31.8. The van der Waals surface area contributed by atoms with Crippen LogP contribution in [0.15, 0.2) is 102 Å². The van der Waals surface area contributed by atoms with Crippen molar-refractivity contribution in [2.45, 2.75) is 25.9 Å². The summed E-state index contributed by atoms with van der Waals surface area (Å²) in [6.45, 7) is 0.942. The van der Waals surface area contributed by atoms with Crippen LogP contribution in [0.2, 0.25) is 0 Å². The summed E-state index contributed by atoms with van der Waals surface area (Å²) in [6.07, 6.45) is -0.582. The molecule has 2 N–H and O–H groups in total. The summed E-state index contributed by atoms with van der Waals surface area (Å²) in [5, 5.41) is 8.39. The molecular formula is C36H28F3N5O4S. The number of ether oxygens (including phenoxy) is 3. The number of hydrogen-bond donors (Lipinski definition) is 2. The van der Waals surface area contributed by atoms with E-state index in [1.54, 1.807) is 25.0 Å². The zero-order chi connectivity index (χ0) is 34.0. The molecule has 0 bridgehead atoms. The quantitative estimate of drug-likeness (QED) is 0.149. The molecule has 248 valence electrons. The highest BCUT2D eigenvalue weighted by Crippen LogP contribution is 2.38. The number of nitrogens with zero attached hydrogens (tertiary/aromatic N) is 3. The van der Waals surface area contributed by atoms with Crippen LogP contribution in [0.25, 0.3) is 22.4 Å². The predicted octanol–water partition coefficient (Wildman–Crippen LogP) is 8.71. The van der Waals surface area contributed by atoms with Gasteiger partial charge in [0.05, 0.1) is 53.0 Å². The number of hydrogen-bond acceptors (Lipinski definition) is 8. The molecule has 0 saturated carbocycles. The van der Waals surface area contributed by atoms with Gasteiger partial charge >= 0.3 is 6.36 Å². The number of benzene rings is 4. The minimum Gasteiger partial charge on any atom is -0.493 e. The molecule has 0 aliphatic carbocycles. The number of halogens is 3. The van der Waals surface area contributed by atoms with Crippen LogP contribution in [-0.2, 0) is 19.6 Å². The van der Waals surface area contributed by atoms with Crippen molar-refractivity contribution in [1.29, 1.82) is 0 Å². The number of aryl methyl sites for hydroxylation is 2. The molecule has 9 nitrogen and oxygen atoms in total. The second-order valence-corrected chi connectivity index (χ2v) is 11.9. The molecule has 6 aromatic rings. The van der Waals surface area contributed by atoms with Crippen molar-refractivity contribution >= 4 is 34.3 Å². The number of carbonyl (C=O) groups is 1. The van der Waals surface area contributed by atoms with Gasteiger partial charge in [0.1, 0.15) is 12.4 Å². The zero-order valence-corrected chi connectivity index (χ0v) is 26.8. The Morgan fingerprint density at radius 3 is 2.41 bits per heavy atom. The molecule has 1 aliphatic heterocycles. The third-order valence-electron chi connectivity index (χ3n) is 7.90. The number of carbonyl (C=O) groups excluding carboxylic acids is 1. The Bertz CT molecular complexity index is 2110. The van der Waals surface area contributed by atoms with E-state index in [1.165, 1.54) is 35.6 Å². The molecule has 0 fully saturated rings. The topological polar surface area (TPSA) is 99.5 Å². The molecule has 2 aromatic heterocycles. The first-order valence-corrected chi connectivity index (χ1v) is 16.1. The summed E-state index contributed by atoms with van der Waals surface area (Å²) in [4.78, 5) is 21.9. The number of amides is 1. The van der Waals surface area contributed by atoms with Gasteiger partial charge in [-0.2, -0.15) is 0 Å². The van der Waals surface area contributed by atoms with Crippen LogP contribution in [0.1, 0.15) is 21.6 Å². The standard InChI is InChI=1S/C36H28F3N5O4S/c1-46-34-16-25(6-11-33(34)47-18-26-19-49-21-41-26)24-5-9-28-30(15-24)42-29-10-2-22(14-31(29)43-35(28)45)12-13-44-17-32(40-20-44)23-3-7-27(8-4-23)48-36(37,38)39/h2-11,14-17,19-21,42H,12-13,18H2,1H3,(H,43,45). The lowest BCUT2D eigenvalue weighted by atomic mass is 10.0. The van der Waals surface area contributed by atoms with Crippen molar-refractivity contribution in [3.8, 4) is 39.6 Å². The highest BCUT2D eigenvalue weighted by atomic mass is 32.1. The number of nitrogens with one attached hydrogen (secondary N) is 2. The van der Waals surface area contributed by atoms with E-state index in [-0.39, 0.29) is 11.7 Å². The third kappa shape index (κ3) is 7.36. The van der Waals surface area contributed by atoms with Gasteiger partial charge in [0.2, 0.25) is 0 Å². The lowest BCUT2D eigenvalue weighted by Crippen LogP contribution is -2.16. The van der Waals surface area contributed by atoms with Gasteiger partial charge in [0.15, 0.2) is 11.5 Å². The molecule has 49 heavy (non-hydrogen) atoms. The van der Waals surface area contributed by atoms with E-state index in [4.69, 9.17) is 9.47 Å². The summed E-state index contributed by atoms with van der Waals surface area (Å²) < 4.78 is 54.8.